The van der Waals surface area contributed by atoms with E-state index >= 15 is 0 Å². The van der Waals surface area contributed by atoms with Crippen LogP contribution in [0.25, 0.3) is 10.9 Å². The fraction of sp³-hybridized carbons (Fsp3) is 0.300. The van der Waals surface area contributed by atoms with Crippen LogP contribution in [0.1, 0.15) is 12.5 Å². The van der Waals surface area contributed by atoms with Crippen LogP contribution in [0.3, 0.4) is 0 Å². The summed E-state index contributed by atoms with van der Waals surface area (Å²) in [6.07, 6.45) is 2.75. The van der Waals surface area contributed by atoms with Gasteiger partial charge in [-0.1, -0.05) is 12.1 Å². The molecule has 15 heavy (non-hydrogen) atoms. The standard InChI is InChI=1S/C10H13N3.2ClH/c1-7(11)5-8-3-2-4-10-9(8)6-12-13-10;;/h2-4,6-7H,5,11H2,1H3,(H,12,13);2*1H/t7-;;/m1../s1. The Kier molecular flexibility index (Phi) is 5.65. The van der Waals surface area contributed by atoms with Crippen LogP contribution in [0.4, 0.5) is 0 Å². The van der Waals surface area contributed by atoms with E-state index in [1.165, 1.54) is 10.9 Å². The molecule has 3 N–H and O–H groups in total. The molecule has 0 fully saturated rings. The van der Waals surface area contributed by atoms with Gasteiger partial charge in [-0.15, -0.1) is 24.8 Å². The molecule has 1 heterocycles. The molecule has 2 rings (SSSR count). The molecule has 1 atom stereocenters. The highest BCUT2D eigenvalue weighted by molar-refractivity contribution is 5.85. The van der Waals surface area contributed by atoms with Gasteiger partial charge in [0.2, 0.25) is 0 Å². The van der Waals surface area contributed by atoms with Crippen molar-refractivity contribution < 1.29 is 0 Å². The first-order valence-electron chi connectivity index (χ1n) is 4.44. The average molecular weight is 248 g/mol. The van der Waals surface area contributed by atoms with Crippen molar-refractivity contribution in [3.63, 3.8) is 0 Å². The second kappa shape index (κ2) is 5.95. The molecule has 0 unspecified atom stereocenters. The Morgan fingerprint density at radius 1 is 1.40 bits per heavy atom. The zero-order valence-corrected chi connectivity index (χ0v) is 10.1. The monoisotopic (exact) mass is 247 g/mol. The Labute approximate surface area is 101 Å². The third-order valence-corrected chi connectivity index (χ3v) is 2.12. The Morgan fingerprint density at radius 3 is 2.80 bits per heavy atom. The van der Waals surface area contributed by atoms with Crippen molar-refractivity contribution in [1.82, 2.24) is 10.2 Å². The number of H-pyrrole nitrogens is 1. The maximum absolute atomic E-state index is 5.75. The van der Waals surface area contributed by atoms with Crippen molar-refractivity contribution in [3.05, 3.63) is 30.0 Å². The van der Waals surface area contributed by atoms with E-state index in [-0.39, 0.29) is 30.9 Å². The molecule has 0 saturated carbocycles. The van der Waals surface area contributed by atoms with E-state index in [9.17, 15) is 0 Å². The summed E-state index contributed by atoms with van der Waals surface area (Å²) in [7, 11) is 0. The number of aromatic nitrogens is 2. The van der Waals surface area contributed by atoms with Crippen molar-refractivity contribution in [2.24, 2.45) is 5.73 Å². The van der Waals surface area contributed by atoms with Gasteiger partial charge in [-0.25, -0.2) is 0 Å². The first-order valence-corrected chi connectivity index (χ1v) is 4.44. The quantitative estimate of drug-likeness (QED) is 0.856. The molecule has 0 amide bonds. The summed E-state index contributed by atoms with van der Waals surface area (Å²) in [5.74, 6) is 0. The van der Waals surface area contributed by atoms with Crippen LogP contribution in [-0.4, -0.2) is 16.2 Å². The largest absolute Gasteiger partial charge is 0.328 e. The Hall–Kier alpha value is -0.770. The molecule has 0 radical (unpaired) electrons. The van der Waals surface area contributed by atoms with Gasteiger partial charge in [0.15, 0.2) is 0 Å². The first-order chi connectivity index (χ1) is 6.27. The Morgan fingerprint density at radius 2 is 2.13 bits per heavy atom. The van der Waals surface area contributed by atoms with Gasteiger partial charge in [0, 0.05) is 11.4 Å². The number of benzene rings is 1. The van der Waals surface area contributed by atoms with Gasteiger partial charge < -0.3 is 5.73 Å². The van der Waals surface area contributed by atoms with Gasteiger partial charge in [-0.2, -0.15) is 5.10 Å². The normalized spacial score (nSPS) is 11.6. The Bertz CT molecular complexity index is 412. The summed E-state index contributed by atoms with van der Waals surface area (Å²) in [5.41, 5.74) is 8.10. The number of nitrogens with two attached hydrogens (primary N) is 1. The number of aromatic amines is 1. The highest BCUT2D eigenvalue weighted by Crippen LogP contribution is 2.16. The van der Waals surface area contributed by atoms with Gasteiger partial charge in [0.1, 0.15) is 0 Å². The van der Waals surface area contributed by atoms with Crippen molar-refractivity contribution in [1.29, 1.82) is 0 Å². The number of hydrogen-bond donors (Lipinski definition) is 2. The second-order valence-electron chi connectivity index (χ2n) is 3.43. The summed E-state index contributed by atoms with van der Waals surface area (Å²) >= 11 is 0. The average Bonchev–Trinajstić information content (AvgIpc) is 2.51. The summed E-state index contributed by atoms with van der Waals surface area (Å²) in [5, 5.41) is 8.13. The van der Waals surface area contributed by atoms with E-state index < -0.39 is 0 Å². The zero-order chi connectivity index (χ0) is 9.26. The predicted molar refractivity (Wildman–Crippen MR) is 67.9 cm³/mol. The number of fused-ring (bicyclic) bond motifs is 1. The van der Waals surface area contributed by atoms with Crippen LogP contribution in [0, 0.1) is 0 Å². The molecule has 3 nitrogen and oxygen atoms in total. The number of nitrogens with zero attached hydrogens (tertiary/aromatic N) is 1. The lowest BCUT2D eigenvalue weighted by molar-refractivity contribution is 0.742. The smallest absolute Gasteiger partial charge is 0.0653 e. The SMILES string of the molecule is C[C@@H](N)Cc1cccc2[nH]ncc12.Cl.Cl. The zero-order valence-electron chi connectivity index (χ0n) is 8.43. The fourth-order valence-electron chi connectivity index (χ4n) is 1.55. The van der Waals surface area contributed by atoms with Crippen LogP contribution >= 0.6 is 24.8 Å². The van der Waals surface area contributed by atoms with E-state index in [1.807, 2.05) is 25.3 Å². The highest BCUT2D eigenvalue weighted by atomic mass is 35.5. The molecule has 0 aliphatic heterocycles. The maximum Gasteiger partial charge on any atom is 0.0653 e. The van der Waals surface area contributed by atoms with Crippen molar-refractivity contribution in [2.45, 2.75) is 19.4 Å². The van der Waals surface area contributed by atoms with Crippen LogP contribution in [0.5, 0.6) is 0 Å². The summed E-state index contributed by atoms with van der Waals surface area (Å²) in [4.78, 5) is 0. The molecule has 0 bridgehead atoms. The summed E-state index contributed by atoms with van der Waals surface area (Å²) in [6, 6.07) is 6.34. The van der Waals surface area contributed by atoms with E-state index in [0.29, 0.717) is 0 Å². The van der Waals surface area contributed by atoms with Crippen LogP contribution in [0.15, 0.2) is 24.4 Å². The van der Waals surface area contributed by atoms with Gasteiger partial charge >= 0.3 is 0 Å². The van der Waals surface area contributed by atoms with E-state index in [0.717, 1.165) is 11.9 Å². The lowest BCUT2D eigenvalue weighted by Crippen LogP contribution is -2.17. The second-order valence-corrected chi connectivity index (χ2v) is 3.43. The number of rotatable bonds is 2. The molecule has 0 spiro atoms. The first kappa shape index (κ1) is 14.2. The molecule has 0 aliphatic rings. The molecular formula is C10H15Cl2N3. The number of nitrogens with one attached hydrogen (secondary N) is 1. The van der Waals surface area contributed by atoms with Gasteiger partial charge in [0.25, 0.3) is 0 Å². The minimum atomic E-state index is 0. The third kappa shape index (κ3) is 3.09. The van der Waals surface area contributed by atoms with Crippen LogP contribution < -0.4 is 5.73 Å². The molecule has 84 valence electrons. The number of halogens is 2. The van der Waals surface area contributed by atoms with Crippen molar-refractivity contribution in [2.75, 3.05) is 0 Å². The third-order valence-electron chi connectivity index (χ3n) is 2.12. The van der Waals surface area contributed by atoms with Crippen molar-refractivity contribution >= 4 is 35.7 Å². The lowest BCUT2D eigenvalue weighted by atomic mass is 10.0. The van der Waals surface area contributed by atoms with Crippen molar-refractivity contribution in [3.8, 4) is 0 Å². The predicted octanol–water partition coefficient (Wildman–Crippen LogP) is 2.30. The minimum Gasteiger partial charge on any atom is -0.328 e. The van der Waals surface area contributed by atoms with Gasteiger partial charge in [-0.3, -0.25) is 5.10 Å². The van der Waals surface area contributed by atoms with Gasteiger partial charge in [-0.05, 0) is 25.0 Å². The van der Waals surface area contributed by atoms with Gasteiger partial charge in [0.05, 0.1) is 11.7 Å². The molecule has 1 aromatic carbocycles. The molecule has 0 aliphatic carbocycles. The molecule has 1 aromatic heterocycles. The minimum absolute atomic E-state index is 0. The molecular weight excluding hydrogens is 233 g/mol. The van der Waals surface area contributed by atoms with E-state index in [2.05, 4.69) is 16.3 Å². The number of hydrogen-bond acceptors (Lipinski definition) is 2. The topological polar surface area (TPSA) is 54.7 Å². The summed E-state index contributed by atoms with van der Waals surface area (Å²) < 4.78 is 0. The molecule has 5 heteroatoms. The fourth-order valence-corrected chi connectivity index (χ4v) is 1.55. The Balaban J connectivity index is 0.000000980. The summed E-state index contributed by atoms with van der Waals surface area (Å²) in [6.45, 7) is 2.01. The van der Waals surface area contributed by atoms with E-state index in [4.69, 9.17) is 5.73 Å². The highest BCUT2D eigenvalue weighted by Gasteiger charge is 2.03. The van der Waals surface area contributed by atoms with Crippen LogP contribution in [0.2, 0.25) is 0 Å². The maximum atomic E-state index is 5.75. The molecule has 0 saturated heterocycles. The molecule has 2 aromatic rings. The van der Waals surface area contributed by atoms with Crippen LogP contribution in [-0.2, 0) is 6.42 Å². The lowest BCUT2D eigenvalue weighted by Gasteiger charge is -2.05. The van der Waals surface area contributed by atoms with E-state index in [1.54, 1.807) is 0 Å².